The molecule has 3 rings (SSSR count). The Morgan fingerprint density at radius 1 is 1.19 bits per heavy atom. The number of aromatic nitrogens is 5. The number of hydrogen-bond donors (Lipinski definition) is 1. The number of aromatic hydroxyl groups is 1. The van der Waals surface area contributed by atoms with Crippen LogP contribution < -0.4 is 0 Å². The molecule has 108 valence electrons. The molecular formula is C14H14ClN5O. The van der Waals surface area contributed by atoms with Crippen molar-refractivity contribution in [3.63, 3.8) is 0 Å². The Hall–Kier alpha value is -2.21. The molecule has 0 spiro atoms. The van der Waals surface area contributed by atoms with E-state index < -0.39 is 0 Å². The molecule has 3 aromatic rings. The maximum atomic E-state index is 10.1. The van der Waals surface area contributed by atoms with E-state index in [0.29, 0.717) is 16.9 Å². The first-order valence-corrected chi connectivity index (χ1v) is 6.92. The van der Waals surface area contributed by atoms with Crippen molar-refractivity contribution in [1.82, 2.24) is 24.5 Å². The first kappa shape index (κ1) is 13.8. The van der Waals surface area contributed by atoms with Crippen LogP contribution in [-0.2, 0) is 0 Å². The van der Waals surface area contributed by atoms with Gasteiger partial charge in [0, 0.05) is 12.2 Å². The lowest BCUT2D eigenvalue weighted by atomic mass is 10.2. The summed E-state index contributed by atoms with van der Waals surface area (Å²) >= 11 is 5.81. The number of halogens is 1. The second kappa shape index (κ2) is 4.96. The summed E-state index contributed by atoms with van der Waals surface area (Å²) < 4.78 is 2.04. The van der Waals surface area contributed by atoms with Gasteiger partial charge in [-0.25, -0.2) is 19.9 Å². The van der Waals surface area contributed by atoms with Crippen LogP contribution in [0, 0.1) is 6.92 Å². The minimum atomic E-state index is -0.111. The quantitative estimate of drug-likeness (QED) is 0.736. The molecule has 0 saturated heterocycles. The maximum Gasteiger partial charge on any atom is 0.240 e. The zero-order chi connectivity index (χ0) is 15.1. The van der Waals surface area contributed by atoms with Crippen molar-refractivity contribution in [2.24, 2.45) is 0 Å². The van der Waals surface area contributed by atoms with Crippen molar-refractivity contribution in [3.05, 3.63) is 29.4 Å². The molecule has 7 heteroatoms. The molecule has 0 aliphatic rings. The Balaban J connectivity index is 2.29. The molecule has 3 heterocycles. The van der Waals surface area contributed by atoms with Crippen LogP contribution in [0.2, 0.25) is 5.28 Å². The van der Waals surface area contributed by atoms with Crippen molar-refractivity contribution < 1.29 is 5.11 Å². The van der Waals surface area contributed by atoms with E-state index in [0.717, 1.165) is 11.3 Å². The summed E-state index contributed by atoms with van der Waals surface area (Å²) in [5.74, 6) is 0.717. The number of nitrogens with zero attached hydrogens (tertiary/aromatic N) is 5. The van der Waals surface area contributed by atoms with Crippen LogP contribution in [0.25, 0.3) is 22.4 Å². The van der Waals surface area contributed by atoms with Crippen molar-refractivity contribution in [1.29, 1.82) is 0 Å². The molecule has 3 aromatic heterocycles. The monoisotopic (exact) mass is 303 g/mol. The second-order valence-electron chi connectivity index (χ2n) is 5.03. The number of pyridine rings is 1. The van der Waals surface area contributed by atoms with E-state index in [9.17, 15) is 5.11 Å². The summed E-state index contributed by atoms with van der Waals surface area (Å²) in [6, 6.07) is 3.77. The molecule has 0 aliphatic heterocycles. The van der Waals surface area contributed by atoms with E-state index in [1.807, 2.05) is 17.6 Å². The number of fused-ring (bicyclic) bond motifs is 1. The Labute approximate surface area is 126 Å². The second-order valence-corrected chi connectivity index (χ2v) is 5.37. The van der Waals surface area contributed by atoms with Crippen molar-refractivity contribution in [3.8, 4) is 17.3 Å². The van der Waals surface area contributed by atoms with Gasteiger partial charge in [0.2, 0.25) is 11.2 Å². The topological polar surface area (TPSA) is 76.7 Å². The third-order valence-electron chi connectivity index (χ3n) is 3.24. The first-order chi connectivity index (χ1) is 9.97. The third-order valence-corrected chi connectivity index (χ3v) is 3.42. The van der Waals surface area contributed by atoms with Gasteiger partial charge in [0.05, 0.1) is 16.9 Å². The van der Waals surface area contributed by atoms with Gasteiger partial charge in [0.1, 0.15) is 5.82 Å². The highest BCUT2D eigenvalue weighted by Gasteiger charge is 2.16. The predicted octanol–water partition coefficient (Wildman–Crippen LogP) is 3.14. The highest BCUT2D eigenvalue weighted by molar-refractivity contribution is 6.28. The van der Waals surface area contributed by atoms with E-state index in [4.69, 9.17) is 11.6 Å². The number of hydrogen-bond acceptors (Lipinski definition) is 5. The van der Waals surface area contributed by atoms with E-state index in [-0.39, 0.29) is 17.2 Å². The van der Waals surface area contributed by atoms with Gasteiger partial charge in [-0.3, -0.25) is 0 Å². The summed E-state index contributed by atoms with van der Waals surface area (Å²) in [7, 11) is 0. The Bertz CT molecular complexity index is 828. The van der Waals surface area contributed by atoms with Crippen molar-refractivity contribution in [2.75, 3.05) is 0 Å². The largest absolute Gasteiger partial charge is 0.492 e. The first-order valence-electron chi connectivity index (χ1n) is 6.55. The van der Waals surface area contributed by atoms with Crippen LogP contribution in [0.3, 0.4) is 0 Å². The van der Waals surface area contributed by atoms with Crippen LogP contribution in [0.5, 0.6) is 5.88 Å². The SMILES string of the molecule is Cc1nc2c(O)nc(-c3ccnc(Cl)n3)cc2n1C(C)C. The lowest BCUT2D eigenvalue weighted by molar-refractivity contribution is 0.460. The van der Waals surface area contributed by atoms with Crippen LogP contribution in [0.4, 0.5) is 0 Å². The van der Waals surface area contributed by atoms with Crippen LogP contribution >= 0.6 is 11.6 Å². The van der Waals surface area contributed by atoms with Gasteiger partial charge in [0.15, 0.2) is 5.52 Å². The van der Waals surface area contributed by atoms with Gasteiger partial charge in [0.25, 0.3) is 0 Å². The van der Waals surface area contributed by atoms with Crippen molar-refractivity contribution >= 4 is 22.6 Å². The molecule has 0 bridgehead atoms. The molecule has 21 heavy (non-hydrogen) atoms. The van der Waals surface area contributed by atoms with E-state index in [1.165, 1.54) is 0 Å². The molecule has 1 N–H and O–H groups in total. The Morgan fingerprint density at radius 3 is 2.62 bits per heavy atom. The van der Waals surface area contributed by atoms with Gasteiger partial charge < -0.3 is 9.67 Å². The van der Waals surface area contributed by atoms with E-state index in [1.54, 1.807) is 12.3 Å². The zero-order valence-electron chi connectivity index (χ0n) is 11.9. The van der Waals surface area contributed by atoms with Crippen molar-refractivity contribution in [2.45, 2.75) is 26.8 Å². The fraction of sp³-hybridized carbons (Fsp3) is 0.286. The molecule has 6 nitrogen and oxygen atoms in total. The summed E-state index contributed by atoms with van der Waals surface area (Å²) in [4.78, 5) is 16.5. The summed E-state index contributed by atoms with van der Waals surface area (Å²) in [6.45, 7) is 6.03. The smallest absolute Gasteiger partial charge is 0.240 e. The summed E-state index contributed by atoms with van der Waals surface area (Å²) in [5.41, 5.74) is 2.40. The normalized spacial score (nSPS) is 11.5. The average Bonchev–Trinajstić information content (AvgIpc) is 2.75. The summed E-state index contributed by atoms with van der Waals surface area (Å²) in [6.07, 6.45) is 1.55. The number of aryl methyl sites for hydroxylation is 1. The molecule has 0 aliphatic carbocycles. The Morgan fingerprint density at radius 2 is 1.95 bits per heavy atom. The lowest BCUT2D eigenvalue weighted by Crippen LogP contribution is -2.03. The maximum absolute atomic E-state index is 10.1. The molecule has 0 radical (unpaired) electrons. The molecule has 0 atom stereocenters. The van der Waals surface area contributed by atoms with E-state index in [2.05, 4.69) is 33.8 Å². The lowest BCUT2D eigenvalue weighted by Gasteiger charge is -2.11. The molecular weight excluding hydrogens is 290 g/mol. The van der Waals surface area contributed by atoms with Crippen LogP contribution in [0.15, 0.2) is 18.3 Å². The average molecular weight is 304 g/mol. The highest BCUT2D eigenvalue weighted by atomic mass is 35.5. The predicted molar refractivity (Wildman–Crippen MR) is 80.4 cm³/mol. The molecule has 0 unspecified atom stereocenters. The van der Waals surface area contributed by atoms with Crippen LogP contribution in [-0.4, -0.2) is 29.6 Å². The highest BCUT2D eigenvalue weighted by Crippen LogP contribution is 2.30. The third kappa shape index (κ3) is 2.31. The molecule has 0 fully saturated rings. The standard InChI is InChI=1S/C14H14ClN5O/c1-7(2)20-8(3)17-12-11(20)6-10(18-13(12)21)9-4-5-16-14(15)19-9/h4-7H,1-3H3,(H,18,21). The summed E-state index contributed by atoms with van der Waals surface area (Å²) in [5, 5.41) is 10.3. The molecule has 0 amide bonds. The molecule has 0 saturated carbocycles. The zero-order valence-corrected chi connectivity index (χ0v) is 12.6. The van der Waals surface area contributed by atoms with Crippen LogP contribution in [0.1, 0.15) is 25.7 Å². The number of rotatable bonds is 2. The fourth-order valence-corrected chi connectivity index (χ4v) is 2.60. The Kier molecular flexibility index (Phi) is 3.25. The van der Waals surface area contributed by atoms with Gasteiger partial charge in [-0.1, -0.05) is 0 Å². The van der Waals surface area contributed by atoms with E-state index >= 15 is 0 Å². The van der Waals surface area contributed by atoms with Gasteiger partial charge in [-0.05, 0) is 44.5 Å². The molecule has 0 aromatic carbocycles. The fourth-order valence-electron chi connectivity index (χ4n) is 2.45. The minimum Gasteiger partial charge on any atom is -0.492 e. The van der Waals surface area contributed by atoms with Gasteiger partial charge in [-0.2, -0.15) is 0 Å². The van der Waals surface area contributed by atoms with Gasteiger partial charge in [-0.15, -0.1) is 0 Å². The van der Waals surface area contributed by atoms with Gasteiger partial charge >= 0.3 is 0 Å². The number of imidazole rings is 1. The minimum absolute atomic E-state index is 0.111.